The van der Waals surface area contributed by atoms with Gasteiger partial charge in [0.05, 0.1) is 11.0 Å². The highest BCUT2D eigenvalue weighted by Crippen LogP contribution is 2.41. The van der Waals surface area contributed by atoms with Crippen molar-refractivity contribution >= 4 is 32.8 Å². The first-order valence-electron chi connectivity index (χ1n) is 18.8. The van der Waals surface area contributed by atoms with E-state index in [2.05, 4.69) is 10.0 Å². The number of sulfonamides is 1. The fourth-order valence-corrected chi connectivity index (χ4v) is 9.34. The van der Waals surface area contributed by atoms with Crippen LogP contribution in [-0.4, -0.2) is 61.2 Å². The van der Waals surface area contributed by atoms with Gasteiger partial charge < -0.3 is 19.7 Å². The lowest BCUT2D eigenvalue weighted by molar-refractivity contribution is -0.149. The molecule has 13 heteroatoms. The van der Waals surface area contributed by atoms with Gasteiger partial charge in [0.2, 0.25) is 15.9 Å². The second-order valence-electron chi connectivity index (χ2n) is 15.9. The van der Waals surface area contributed by atoms with Crippen molar-refractivity contribution in [3.05, 3.63) is 96.3 Å². The molecule has 0 radical (unpaired) electrons. The van der Waals surface area contributed by atoms with Crippen LogP contribution in [0.5, 0.6) is 5.75 Å². The Labute approximate surface area is 319 Å². The minimum Gasteiger partial charge on any atom is -0.490 e. The molecule has 7 rings (SSSR count). The molecule has 1 saturated carbocycles. The lowest BCUT2D eigenvalue weighted by atomic mass is 9.93. The zero-order chi connectivity index (χ0) is 39.1. The maximum absolute atomic E-state index is 16.9. The van der Waals surface area contributed by atoms with Crippen molar-refractivity contribution < 1.29 is 40.7 Å². The van der Waals surface area contributed by atoms with Crippen LogP contribution in [0.15, 0.2) is 89.8 Å². The molecule has 3 fully saturated rings. The summed E-state index contributed by atoms with van der Waals surface area (Å²) in [6, 6.07) is 16.5. The Morgan fingerprint density at radius 1 is 0.800 bits per heavy atom. The number of carbonyl (C=O) groups is 2. The topological polar surface area (TPSA) is 114 Å². The van der Waals surface area contributed by atoms with Gasteiger partial charge >= 0.3 is 6.09 Å². The van der Waals surface area contributed by atoms with Crippen molar-refractivity contribution in [3.8, 4) is 16.9 Å². The van der Waals surface area contributed by atoms with Crippen LogP contribution in [0.2, 0.25) is 0 Å². The number of halogens is 3. The molecule has 1 aliphatic carbocycles. The molecule has 0 spiro atoms. The van der Waals surface area contributed by atoms with Crippen LogP contribution in [0.3, 0.4) is 0 Å². The zero-order valence-electron chi connectivity index (χ0n) is 31.1. The predicted octanol–water partition coefficient (Wildman–Crippen LogP) is 8.45. The third-order valence-electron chi connectivity index (χ3n) is 10.7. The van der Waals surface area contributed by atoms with Crippen LogP contribution in [0, 0.1) is 5.82 Å². The van der Waals surface area contributed by atoms with Gasteiger partial charge in [-0.2, -0.15) is 13.5 Å². The Morgan fingerprint density at radius 3 is 2.00 bits per heavy atom. The third-order valence-corrected chi connectivity index (χ3v) is 12.2. The maximum Gasteiger partial charge on any atom is 0.407 e. The number of carbonyl (C=O) groups excluding carboxylic acids is 2. The van der Waals surface area contributed by atoms with Crippen LogP contribution in [0.1, 0.15) is 77.7 Å². The van der Waals surface area contributed by atoms with E-state index in [-0.39, 0.29) is 17.0 Å². The lowest BCUT2D eigenvalue weighted by Crippen LogP contribution is -2.61. The summed E-state index contributed by atoms with van der Waals surface area (Å²) in [5.74, 6) is -4.82. The number of piperidine rings is 1. The minimum absolute atomic E-state index is 0.138. The highest BCUT2D eigenvalue weighted by atomic mass is 32.2. The Hall–Kier alpha value is -4.62. The van der Waals surface area contributed by atoms with Crippen molar-refractivity contribution in [2.75, 3.05) is 0 Å². The number of alkyl halides is 2. The van der Waals surface area contributed by atoms with E-state index in [1.54, 1.807) is 39.0 Å². The molecular weight excluding hydrogens is 732 g/mol. The quantitative estimate of drug-likeness (QED) is 0.167. The maximum atomic E-state index is 16.9. The van der Waals surface area contributed by atoms with Crippen molar-refractivity contribution in [2.45, 2.75) is 119 Å². The lowest BCUT2D eigenvalue weighted by Gasteiger charge is -2.42. The van der Waals surface area contributed by atoms with E-state index in [1.807, 2.05) is 6.07 Å². The second kappa shape index (κ2) is 15.1. The molecule has 2 N–H and O–H groups in total. The Bertz CT molecular complexity index is 2140. The van der Waals surface area contributed by atoms with Gasteiger partial charge in [-0.25, -0.2) is 17.6 Å². The largest absolute Gasteiger partial charge is 0.490 e. The van der Waals surface area contributed by atoms with Crippen molar-refractivity contribution in [1.29, 1.82) is 0 Å². The number of alkyl carbamates (subject to hydrolysis) is 1. The van der Waals surface area contributed by atoms with Gasteiger partial charge in [-0.15, -0.1) is 0 Å². The normalized spacial score (nSPS) is 21.1. The van der Waals surface area contributed by atoms with E-state index in [1.165, 1.54) is 53.4 Å². The van der Waals surface area contributed by atoms with Crippen LogP contribution >= 0.6 is 0 Å². The third kappa shape index (κ3) is 8.62. The van der Waals surface area contributed by atoms with E-state index < -0.39 is 63.1 Å². The number of rotatable bonds is 10. The molecule has 2 bridgehead atoms. The summed E-state index contributed by atoms with van der Waals surface area (Å²) in [6.45, 7) is 5.24. The number of nitrogens with zero attached hydrogens (tertiary/aromatic N) is 1. The van der Waals surface area contributed by atoms with Gasteiger partial charge in [0, 0.05) is 23.7 Å². The second-order valence-corrected chi connectivity index (χ2v) is 17.6. The molecule has 292 valence electrons. The molecule has 2 heterocycles. The highest BCUT2D eigenvalue weighted by Gasteiger charge is 2.54. The smallest absolute Gasteiger partial charge is 0.407 e. The first kappa shape index (κ1) is 38.6. The summed E-state index contributed by atoms with van der Waals surface area (Å²) in [4.78, 5) is 28.1. The Balaban J connectivity index is 1.17. The molecular formula is C42H46F3N3O6S. The van der Waals surface area contributed by atoms with E-state index in [0.717, 1.165) is 37.8 Å². The van der Waals surface area contributed by atoms with Gasteiger partial charge in [-0.3, -0.25) is 4.79 Å². The first-order chi connectivity index (χ1) is 26.1. The fraction of sp³-hybridized carbons (Fsp3) is 0.429. The summed E-state index contributed by atoms with van der Waals surface area (Å²) in [5, 5.41) is 4.13. The van der Waals surface area contributed by atoms with Crippen molar-refractivity contribution in [3.63, 3.8) is 0 Å². The van der Waals surface area contributed by atoms with Crippen LogP contribution in [0.25, 0.3) is 21.9 Å². The number of hydrogen-bond donors (Lipinski definition) is 2. The number of amides is 2. The Morgan fingerprint density at radius 2 is 1.38 bits per heavy atom. The summed E-state index contributed by atoms with van der Waals surface area (Å²) < 4.78 is 89.1. The van der Waals surface area contributed by atoms with Gasteiger partial charge in [0.25, 0.3) is 5.92 Å². The Kier molecular flexibility index (Phi) is 10.6. The number of nitrogens with one attached hydrogen (secondary N) is 2. The summed E-state index contributed by atoms with van der Waals surface area (Å²) >= 11 is 0. The number of benzene rings is 4. The zero-order valence-corrected chi connectivity index (χ0v) is 31.9. The average Bonchev–Trinajstić information content (AvgIpc) is 3.74. The first-order valence-corrected chi connectivity index (χ1v) is 20.3. The SMILES string of the molecule is CC(C)(C)OC(=O)NC1CC2CCC(C1)N2C(=O)C(NS(=O)(=O)c1ccc2cc(OC3CCCC3)ccc2c1)C(F)(F)c1ccc(-c2ccc(F)cc2)cc1. The van der Waals surface area contributed by atoms with Gasteiger partial charge in [-0.1, -0.05) is 48.5 Å². The number of hydrogen-bond acceptors (Lipinski definition) is 6. The number of ether oxygens (including phenoxy) is 2. The molecule has 4 aromatic carbocycles. The van der Waals surface area contributed by atoms with Crippen molar-refractivity contribution in [2.24, 2.45) is 0 Å². The minimum atomic E-state index is -4.69. The van der Waals surface area contributed by atoms with E-state index >= 15 is 8.78 Å². The highest BCUT2D eigenvalue weighted by molar-refractivity contribution is 7.89. The molecule has 4 aromatic rings. The molecule has 3 unspecified atom stereocenters. The van der Waals surface area contributed by atoms with Crippen LogP contribution in [-0.2, 0) is 25.5 Å². The molecule has 2 amide bonds. The van der Waals surface area contributed by atoms with E-state index in [4.69, 9.17) is 9.47 Å². The summed E-state index contributed by atoms with van der Waals surface area (Å²) in [6.07, 6.45) is 5.34. The average molecular weight is 778 g/mol. The molecule has 2 aliphatic heterocycles. The molecule has 3 aliphatic rings. The fourth-order valence-electron chi connectivity index (χ4n) is 8.12. The summed E-state index contributed by atoms with van der Waals surface area (Å²) in [5.41, 5.74) is -0.155. The molecule has 2 saturated heterocycles. The van der Waals surface area contributed by atoms with Gasteiger partial charge in [-0.05, 0) is 130 Å². The summed E-state index contributed by atoms with van der Waals surface area (Å²) in [7, 11) is -4.69. The molecule has 0 aromatic heterocycles. The van der Waals surface area contributed by atoms with E-state index in [9.17, 15) is 22.4 Å². The standard InChI is InChI=1S/C42H46F3N3O6S/c1-41(2,3)54-40(50)46-32-24-33-18-19-34(25-32)48(33)39(49)38(42(44,45)30-14-8-26(9-15-30)27-10-16-31(43)17-11-27)47-55(51,52)37-21-13-28-22-36(20-12-29(28)23-37)53-35-6-4-5-7-35/h8-17,20-23,32-35,38,47H,4-7,18-19,24-25H2,1-3H3,(H,46,50). The molecule has 3 atom stereocenters. The number of fused-ring (bicyclic) bond motifs is 3. The predicted molar refractivity (Wildman–Crippen MR) is 203 cm³/mol. The van der Waals surface area contributed by atoms with Gasteiger partial charge in [0.1, 0.15) is 17.2 Å². The molecule has 55 heavy (non-hydrogen) atoms. The van der Waals surface area contributed by atoms with Crippen LogP contribution in [0.4, 0.5) is 18.0 Å². The van der Waals surface area contributed by atoms with Crippen LogP contribution < -0.4 is 14.8 Å². The van der Waals surface area contributed by atoms with Gasteiger partial charge in [0.15, 0.2) is 6.04 Å². The molecule has 9 nitrogen and oxygen atoms in total. The van der Waals surface area contributed by atoms with E-state index in [0.29, 0.717) is 53.3 Å². The monoisotopic (exact) mass is 777 g/mol. The van der Waals surface area contributed by atoms with Crippen molar-refractivity contribution in [1.82, 2.24) is 14.9 Å².